The van der Waals surface area contributed by atoms with Gasteiger partial charge in [-0.25, -0.2) is 0 Å². The van der Waals surface area contributed by atoms with Gasteiger partial charge in [0.2, 0.25) is 0 Å². The number of carbonyl (C=O) groups excluding carboxylic acids is 2. The van der Waals surface area contributed by atoms with Crippen molar-refractivity contribution in [3.8, 4) is 0 Å². The van der Waals surface area contributed by atoms with Gasteiger partial charge in [-0.2, -0.15) is 0 Å². The summed E-state index contributed by atoms with van der Waals surface area (Å²) in [6, 6.07) is 0. The lowest BCUT2D eigenvalue weighted by atomic mass is 9.89. The summed E-state index contributed by atoms with van der Waals surface area (Å²) in [7, 11) is 1.39. The van der Waals surface area contributed by atoms with Gasteiger partial charge in [-0.1, -0.05) is 13.8 Å². The number of hydrogen-bond donors (Lipinski definition) is 1. The van der Waals surface area contributed by atoms with Gasteiger partial charge in [0.15, 0.2) is 12.1 Å². The van der Waals surface area contributed by atoms with Crippen molar-refractivity contribution in [2.75, 3.05) is 20.5 Å². The van der Waals surface area contributed by atoms with Crippen LogP contribution in [0.25, 0.3) is 0 Å². The Bertz CT molecular complexity index is 453. The third-order valence-electron chi connectivity index (χ3n) is 3.15. The summed E-state index contributed by atoms with van der Waals surface area (Å²) < 4.78 is 21.1. The van der Waals surface area contributed by atoms with Crippen LogP contribution in [0.5, 0.6) is 0 Å². The first kappa shape index (κ1) is 23.6. The Morgan fingerprint density at radius 3 is 2.20 bits per heavy atom. The lowest BCUT2D eigenvalue weighted by Gasteiger charge is -2.26. The molecular formula is C18H33NO6. The Morgan fingerprint density at radius 2 is 1.80 bits per heavy atom. The number of carbonyl (C=O) groups is 2. The van der Waals surface area contributed by atoms with Crippen molar-refractivity contribution in [2.24, 2.45) is 17.6 Å². The lowest BCUT2D eigenvalue weighted by molar-refractivity contribution is -0.170. The van der Waals surface area contributed by atoms with Crippen LogP contribution >= 0.6 is 0 Å². The number of hydrogen-bond acceptors (Lipinski definition) is 7. The summed E-state index contributed by atoms with van der Waals surface area (Å²) in [5, 5.41) is 0. The minimum absolute atomic E-state index is 0.0547. The van der Waals surface area contributed by atoms with Crippen LogP contribution in [0.1, 0.15) is 48.0 Å². The highest BCUT2D eigenvalue weighted by molar-refractivity contribution is 6.08. The van der Waals surface area contributed by atoms with Crippen LogP contribution in [0.4, 0.5) is 0 Å². The number of methoxy groups -OCH3 is 1. The van der Waals surface area contributed by atoms with Crippen LogP contribution in [0.15, 0.2) is 11.8 Å². The Hall–Kier alpha value is -1.44. The van der Waals surface area contributed by atoms with Gasteiger partial charge in [-0.05, 0) is 40.0 Å². The molecule has 0 aromatic rings. The molecule has 0 heterocycles. The molecule has 0 aliphatic heterocycles. The van der Waals surface area contributed by atoms with E-state index in [1.165, 1.54) is 7.11 Å². The highest BCUT2D eigenvalue weighted by atomic mass is 16.7. The van der Waals surface area contributed by atoms with Crippen LogP contribution < -0.4 is 5.73 Å². The normalized spacial score (nSPS) is 15.1. The van der Waals surface area contributed by atoms with Crippen LogP contribution in [0, 0.1) is 11.8 Å². The van der Waals surface area contributed by atoms with Crippen molar-refractivity contribution < 1.29 is 28.5 Å². The average Bonchev–Trinajstić information content (AvgIpc) is 2.49. The minimum Gasteiger partial charge on any atom is -0.459 e. The van der Waals surface area contributed by atoms with Gasteiger partial charge in [0, 0.05) is 19.9 Å². The molecular weight excluding hydrogens is 326 g/mol. The van der Waals surface area contributed by atoms with Gasteiger partial charge in [0.05, 0.1) is 5.57 Å². The van der Waals surface area contributed by atoms with E-state index in [1.807, 2.05) is 20.8 Å². The molecule has 0 saturated carbocycles. The molecule has 25 heavy (non-hydrogen) atoms. The maximum atomic E-state index is 12.9. The largest absolute Gasteiger partial charge is 0.459 e. The molecule has 0 saturated heterocycles. The predicted octanol–water partition coefficient (Wildman–Crippen LogP) is 2.39. The van der Waals surface area contributed by atoms with Gasteiger partial charge in [0.1, 0.15) is 18.3 Å². The van der Waals surface area contributed by atoms with Crippen molar-refractivity contribution >= 4 is 11.8 Å². The van der Waals surface area contributed by atoms with E-state index in [4.69, 9.17) is 24.7 Å². The van der Waals surface area contributed by atoms with Crippen LogP contribution in [-0.4, -0.2) is 44.2 Å². The monoisotopic (exact) mass is 359 g/mol. The number of Topliss-reactive ketones (excluding diaryl/α,β-unsaturated/α-hetero) is 1. The van der Waals surface area contributed by atoms with Crippen LogP contribution in [-0.2, 0) is 28.5 Å². The molecule has 0 bridgehead atoms. The van der Waals surface area contributed by atoms with Crippen LogP contribution in [0.2, 0.25) is 0 Å². The lowest BCUT2D eigenvalue weighted by Crippen LogP contribution is -2.37. The van der Waals surface area contributed by atoms with Crippen molar-refractivity contribution in [2.45, 2.75) is 59.9 Å². The molecule has 0 radical (unpaired) electrons. The second-order valence-corrected chi connectivity index (χ2v) is 7.05. The van der Waals surface area contributed by atoms with E-state index in [0.29, 0.717) is 13.0 Å². The Balaban J connectivity index is 5.38. The standard InChI is InChI=1S/C18H33NO6/c1-8-23-11-24-17(22-7)14(10-19)15(20)13(9-12(2)3)16(21)25-18(4,5)6/h10,12-13,17H,8-9,11,19H2,1-7H3/t13-,17?/m0/s1. The molecule has 146 valence electrons. The number of esters is 1. The number of nitrogens with two attached hydrogens (primary N) is 1. The fraction of sp³-hybridized carbons (Fsp3) is 0.778. The molecule has 0 aromatic heterocycles. The zero-order valence-electron chi connectivity index (χ0n) is 16.5. The van der Waals surface area contributed by atoms with E-state index >= 15 is 0 Å². The van der Waals surface area contributed by atoms with Gasteiger partial charge in [0.25, 0.3) is 0 Å². The summed E-state index contributed by atoms with van der Waals surface area (Å²) in [4.78, 5) is 25.4. The van der Waals surface area contributed by atoms with Crippen molar-refractivity contribution in [3.63, 3.8) is 0 Å². The van der Waals surface area contributed by atoms with Gasteiger partial charge in [-0.15, -0.1) is 0 Å². The topological polar surface area (TPSA) is 97.1 Å². The summed E-state index contributed by atoms with van der Waals surface area (Å²) in [6.45, 7) is 11.3. The fourth-order valence-electron chi connectivity index (χ4n) is 2.11. The molecule has 2 N–H and O–H groups in total. The highest BCUT2D eigenvalue weighted by Crippen LogP contribution is 2.23. The predicted molar refractivity (Wildman–Crippen MR) is 94.4 cm³/mol. The molecule has 2 atom stereocenters. The zero-order valence-corrected chi connectivity index (χ0v) is 16.5. The van der Waals surface area contributed by atoms with Gasteiger partial charge >= 0.3 is 5.97 Å². The third-order valence-corrected chi connectivity index (χ3v) is 3.15. The average molecular weight is 359 g/mol. The third kappa shape index (κ3) is 9.00. The molecule has 1 unspecified atom stereocenters. The van der Waals surface area contributed by atoms with E-state index in [0.717, 1.165) is 6.20 Å². The molecule has 0 aliphatic rings. The summed E-state index contributed by atoms with van der Waals surface area (Å²) in [5.74, 6) is -1.90. The van der Waals surface area contributed by atoms with Gasteiger partial charge in [-0.3, -0.25) is 9.59 Å². The fourth-order valence-corrected chi connectivity index (χ4v) is 2.11. The summed E-state index contributed by atoms with van der Waals surface area (Å²) in [5.41, 5.74) is 4.99. The smallest absolute Gasteiger partial charge is 0.317 e. The number of ether oxygens (including phenoxy) is 4. The van der Waals surface area contributed by atoms with E-state index in [9.17, 15) is 9.59 Å². The summed E-state index contributed by atoms with van der Waals surface area (Å²) >= 11 is 0. The van der Waals surface area contributed by atoms with Crippen molar-refractivity contribution in [1.29, 1.82) is 0 Å². The second-order valence-electron chi connectivity index (χ2n) is 7.05. The SMILES string of the molecule is CCOCOC(OC)C(=CN)C(=O)[C@H](CC(C)C)C(=O)OC(C)(C)C. The molecule has 0 fully saturated rings. The van der Waals surface area contributed by atoms with Crippen LogP contribution in [0.3, 0.4) is 0 Å². The first-order chi connectivity index (χ1) is 11.6. The molecule has 0 amide bonds. The number of rotatable bonds is 11. The second kappa shape index (κ2) is 11.2. The van der Waals surface area contributed by atoms with Crippen molar-refractivity contribution in [1.82, 2.24) is 0 Å². The molecule has 7 heteroatoms. The molecule has 0 aromatic carbocycles. The maximum Gasteiger partial charge on any atom is 0.317 e. The van der Waals surface area contributed by atoms with Gasteiger partial charge < -0.3 is 24.7 Å². The van der Waals surface area contributed by atoms with Crippen molar-refractivity contribution in [3.05, 3.63) is 11.8 Å². The molecule has 0 rings (SSSR count). The quantitative estimate of drug-likeness (QED) is 0.199. The Kier molecular flexibility index (Phi) is 10.6. The zero-order chi connectivity index (χ0) is 19.6. The Morgan fingerprint density at radius 1 is 1.20 bits per heavy atom. The molecule has 7 nitrogen and oxygen atoms in total. The first-order valence-electron chi connectivity index (χ1n) is 8.48. The first-order valence-corrected chi connectivity index (χ1v) is 8.48. The van der Waals surface area contributed by atoms with E-state index in [-0.39, 0.29) is 18.3 Å². The summed E-state index contributed by atoms with van der Waals surface area (Å²) in [6.07, 6.45) is 0.439. The van der Waals surface area contributed by atoms with E-state index in [2.05, 4.69) is 0 Å². The molecule has 0 aliphatic carbocycles. The minimum atomic E-state index is -1.01. The number of ketones is 1. The van der Waals surface area contributed by atoms with E-state index < -0.39 is 29.6 Å². The highest BCUT2D eigenvalue weighted by Gasteiger charge is 2.36. The van der Waals surface area contributed by atoms with E-state index in [1.54, 1.807) is 20.8 Å². The Labute approximate surface area is 150 Å². The maximum absolute atomic E-state index is 12.9. The molecule has 0 spiro atoms.